The van der Waals surface area contributed by atoms with Crippen molar-refractivity contribution in [1.29, 1.82) is 0 Å². The summed E-state index contributed by atoms with van der Waals surface area (Å²) >= 11 is 0. The molecule has 5 nitrogen and oxygen atoms in total. The van der Waals surface area contributed by atoms with Crippen molar-refractivity contribution in [2.45, 2.75) is 52.9 Å². The molecule has 0 aromatic carbocycles. The summed E-state index contributed by atoms with van der Waals surface area (Å²) < 4.78 is 28.2. The lowest BCUT2D eigenvalue weighted by atomic mass is 10.4. The van der Waals surface area contributed by atoms with Crippen LogP contribution in [0.15, 0.2) is 0 Å². The van der Waals surface area contributed by atoms with E-state index in [1.165, 1.54) is 7.11 Å². The van der Waals surface area contributed by atoms with E-state index in [1.807, 2.05) is 34.6 Å². The maximum atomic E-state index is 12.4. The van der Waals surface area contributed by atoms with E-state index in [-0.39, 0.29) is 24.6 Å². The Labute approximate surface area is 105 Å². The van der Waals surface area contributed by atoms with Crippen molar-refractivity contribution < 1.29 is 18.6 Å². The summed E-state index contributed by atoms with van der Waals surface area (Å²) in [5.74, 6) is 0. The zero-order chi connectivity index (χ0) is 13.5. The average molecular weight is 267 g/mol. The summed E-state index contributed by atoms with van der Waals surface area (Å²) in [4.78, 5) is 0. The Morgan fingerprint density at radius 2 is 1.71 bits per heavy atom. The summed E-state index contributed by atoms with van der Waals surface area (Å²) in [6, 6.07) is -0.0443. The van der Waals surface area contributed by atoms with Crippen LogP contribution in [0.25, 0.3) is 0 Å². The van der Waals surface area contributed by atoms with E-state index < -0.39 is 7.52 Å². The van der Waals surface area contributed by atoms with Gasteiger partial charge in [0.2, 0.25) is 0 Å². The first-order valence-electron chi connectivity index (χ1n) is 5.95. The summed E-state index contributed by atoms with van der Waals surface area (Å²) in [7, 11) is -1.44. The quantitative estimate of drug-likeness (QED) is 0.651. The maximum Gasteiger partial charge on any atom is 0.295 e. The number of methoxy groups -OCH3 is 1. The highest BCUT2D eigenvalue weighted by Crippen LogP contribution is 2.43. The highest BCUT2D eigenvalue weighted by atomic mass is 31.2. The first-order chi connectivity index (χ1) is 7.79. The van der Waals surface area contributed by atoms with E-state index in [4.69, 9.17) is 14.0 Å². The van der Waals surface area contributed by atoms with Gasteiger partial charge in [0, 0.05) is 13.2 Å². The fourth-order valence-corrected chi connectivity index (χ4v) is 3.28. The lowest BCUT2D eigenvalue weighted by Crippen LogP contribution is -2.31. The van der Waals surface area contributed by atoms with Gasteiger partial charge < -0.3 is 14.0 Å². The van der Waals surface area contributed by atoms with Crippen molar-refractivity contribution in [3.05, 3.63) is 0 Å². The number of hydrogen-bond acceptors (Lipinski definition) is 4. The smallest absolute Gasteiger partial charge is 0.295 e. The van der Waals surface area contributed by atoms with Gasteiger partial charge in [-0.1, -0.05) is 0 Å². The maximum absolute atomic E-state index is 12.4. The molecule has 0 fully saturated rings. The molecule has 0 spiro atoms. The Bertz CT molecular complexity index is 246. The van der Waals surface area contributed by atoms with Gasteiger partial charge in [0.05, 0.1) is 18.8 Å². The summed E-state index contributed by atoms with van der Waals surface area (Å²) in [6.07, 6.45) is 0.116. The predicted octanol–water partition coefficient (Wildman–Crippen LogP) is 2.61. The van der Waals surface area contributed by atoms with Gasteiger partial charge in [0.1, 0.15) is 6.35 Å². The van der Waals surface area contributed by atoms with Gasteiger partial charge in [-0.2, -0.15) is 0 Å². The van der Waals surface area contributed by atoms with Crippen LogP contribution in [0.5, 0.6) is 0 Å². The third-order valence-corrected chi connectivity index (χ3v) is 3.97. The van der Waals surface area contributed by atoms with Crippen LogP contribution >= 0.6 is 7.52 Å². The molecule has 0 saturated heterocycles. The first kappa shape index (κ1) is 17.1. The third-order valence-electron chi connectivity index (χ3n) is 1.78. The molecule has 0 amide bonds. The second kappa shape index (κ2) is 8.22. The first-order valence-corrected chi connectivity index (χ1v) is 7.76. The normalized spacial score (nSPS) is 17.4. The Hall–Kier alpha value is 0.0700. The van der Waals surface area contributed by atoms with Crippen LogP contribution < -0.4 is 5.09 Å². The molecule has 0 aromatic rings. The van der Waals surface area contributed by atoms with Crippen molar-refractivity contribution in [3.63, 3.8) is 0 Å². The summed E-state index contributed by atoms with van der Waals surface area (Å²) in [5, 5.41) is 2.96. The Morgan fingerprint density at radius 1 is 1.12 bits per heavy atom. The van der Waals surface area contributed by atoms with Gasteiger partial charge >= 0.3 is 0 Å². The van der Waals surface area contributed by atoms with Crippen molar-refractivity contribution in [1.82, 2.24) is 5.09 Å². The van der Waals surface area contributed by atoms with Gasteiger partial charge in [0.15, 0.2) is 0 Å². The molecule has 17 heavy (non-hydrogen) atoms. The molecule has 6 heteroatoms. The van der Waals surface area contributed by atoms with Crippen molar-refractivity contribution >= 4 is 7.52 Å². The van der Waals surface area contributed by atoms with Gasteiger partial charge in [-0.25, -0.2) is 5.09 Å². The molecule has 104 valence electrons. The Kier molecular flexibility index (Phi) is 8.25. The monoisotopic (exact) mass is 267 g/mol. The van der Waals surface area contributed by atoms with Gasteiger partial charge in [-0.3, -0.25) is 4.57 Å². The van der Waals surface area contributed by atoms with E-state index in [2.05, 4.69) is 5.09 Å². The van der Waals surface area contributed by atoms with E-state index in [1.54, 1.807) is 0 Å². The number of nitrogens with one attached hydrogen (secondary N) is 1. The average Bonchev–Trinajstić information content (AvgIpc) is 2.13. The summed E-state index contributed by atoms with van der Waals surface area (Å²) in [6.45, 7) is 10.0. The minimum atomic E-state index is -2.94. The van der Waals surface area contributed by atoms with Crippen LogP contribution in [0.2, 0.25) is 0 Å². The topological polar surface area (TPSA) is 56.8 Å². The molecular weight excluding hydrogens is 241 g/mol. The molecule has 0 saturated carbocycles. The Balaban J connectivity index is 4.27. The van der Waals surface area contributed by atoms with Crippen LogP contribution in [0.1, 0.15) is 34.6 Å². The van der Waals surface area contributed by atoms with E-state index in [9.17, 15) is 4.57 Å². The van der Waals surface area contributed by atoms with E-state index in [0.29, 0.717) is 6.61 Å². The van der Waals surface area contributed by atoms with Crippen LogP contribution in [0, 0.1) is 0 Å². The lowest BCUT2D eigenvalue weighted by molar-refractivity contribution is 0.0667. The molecule has 0 aliphatic carbocycles. The van der Waals surface area contributed by atoms with Gasteiger partial charge in [-0.15, -0.1) is 0 Å². The zero-order valence-electron chi connectivity index (χ0n) is 11.7. The van der Waals surface area contributed by atoms with Crippen LogP contribution in [-0.4, -0.2) is 38.3 Å². The SMILES string of the molecule is COCP(=O)(N[C@@H](C)COC(C)C)OC(C)C. The molecule has 0 aromatic heterocycles. The molecule has 1 unspecified atom stereocenters. The standard InChI is InChI=1S/C11H26NO4P/c1-9(2)15-7-11(5)12-17(13,8-14-6)16-10(3)4/h9-11H,7-8H2,1-6H3,(H,12,13)/t11-,17?/m0/s1. The second-order valence-electron chi connectivity index (χ2n) is 4.66. The largest absolute Gasteiger partial charge is 0.377 e. The molecule has 1 N–H and O–H groups in total. The molecule has 0 radical (unpaired) electrons. The molecule has 0 aliphatic heterocycles. The van der Waals surface area contributed by atoms with E-state index in [0.717, 1.165) is 0 Å². The Morgan fingerprint density at radius 3 is 2.12 bits per heavy atom. The fourth-order valence-electron chi connectivity index (χ4n) is 1.32. The number of hydrogen-bond donors (Lipinski definition) is 1. The molecule has 0 bridgehead atoms. The minimum absolute atomic E-state index is 0.0443. The van der Waals surface area contributed by atoms with Crippen molar-refractivity contribution in [2.75, 3.05) is 20.1 Å². The zero-order valence-corrected chi connectivity index (χ0v) is 12.6. The van der Waals surface area contributed by atoms with Crippen LogP contribution in [-0.2, 0) is 18.6 Å². The molecule has 0 heterocycles. The van der Waals surface area contributed by atoms with Crippen molar-refractivity contribution in [2.24, 2.45) is 0 Å². The minimum Gasteiger partial charge on any atom is -0.377 e. The molecular formula is C11H26NO4P. The molecule has 0 aliphatic rings. The van der Waals surface area contributed by atoms with Gasteiger partial charge in [0.25, 0.3) is 7.52 Å². The molecule has 2 atom stereocenters. The highest BCUT2D eigenvalue weighted by molar-refractivity contribution is 7.56. The highest BCUT2D eigenvalue weighted by Gasteiger charge is 2.26. The lowest BCUT2D eigenvalue weighted by Gasteiger charge is -2.25. The molecule has 0 rings (SSSR count). The second-order valence-corrected chi connectivity index (χ2v) is 6.73. The number of ether oxygens (including phenoxy) is 2. The van der Waals surface area contributed by atoms with E-state index >= 15 is 0 Å². The third kappa shape index (κ3) is 8.75. The fraction of sp³-hybridized carbons (Fsp3) is 1.00. The van der Waals surface area contributed by atoms with Crippen molar-refractivity contribution in [3.8, 4) is 0 Å². The van der Waals surface area contributed by atoms with Crippen LogP contribution in [0.3, 0.4) is 0 Å². The number of rotatable bonds is 9. The predicted molar refractivity (Wildman–Crippen MR) is 69.4 cm³/mol. The van der Waals surface area contributed by atoms with Crippen LogP contribution in [0.4, 0.5) is 0 Å². The van der Waals surface area contributed by atoms with Gasteiger partial charge in [-0.05, 0) is 34.6 Å². The summed E-state index contributed by atoms with van der Waals surface area (Å²) in [5.41, 5.74) is 0.